The Kier molecular flexibility index (Phi) is 6.09. The molecule has 2 aliphatic rings. The summed E-state index contributed by atoms with van der Waals surface area (Å²) in [4.78, 5) is 28.6. The summed E-state index contributed by atoms with van der Waals surface area (Å²) in [6.07, 6.45) is 1.22. The van der Waals surface area contributed by atoms with Gasteiger partial charge in [-0.3, -0.25) is 9.59 Å². The minimum atomic E-state index is -3.69. The number of aryl methyl sites for hydroxylation is 1. The molecule has 2 amide bonds. The number of benzene rings is 2. The van der Waals surface area contributed by atoms with E-state index in [1.54, 1.807) is 34.1 Å². The molecule has 0 bridgehead atoms. The van der Waals surface area contributed by atoms with E-state index in [0.717, 1.165) is 16.8 Å². The number of rotatable bonds is 3. The summed E-state index contributed by atoms with van der Waals surface area (Å²) in [5.41, 5.74) is 3.31. The highest BCUT2D eigenvalue weighted by molar-refractivity contribution is 7.89. The highest BCUT2D eigenvalue weighted by Crippen LogP contribution is 2.34. The van der Waals surface area contributed by atoms with Crippen LogP contribution in [0.15, 0.2) is 47.4 Å². The predicted molar refractivity (Wildman–Crippen MR) is 123 cm³/mol. The maximum Gasteiger partial charge on any atom is 0.253 e. The van der Waals surface area contributed by atoms with Crippen LogP contribution in [0.2, 0.25) is 0 Å². The SMILES string of the molecule is CC(=O)N1c2ccc(S(=O)(=O)N3CCCN(C(=O)c4cccc(C)c4)CC3)cc2CC1C. The third-order valence-corrected chi connectivity index (χ3v) is 8.15. The molecule has 0 N–H and O–H groups in total. The van der Waals surface area contributed by atoms with Crippen LogP contribution in [-0.2, 0) is 21.2 Å². The number of hydrogen-bond acceptors (Lipinski definition) is 4. The van der Waals surface area contributed by atoms with E-state index in [1.807, 2.05) is 32.0 Å². The molecule has 4 rings (SSSR count). The molecular weight excluding hydrogens is 426 g/mol. The zero-order valence-corrected chi connectivity index (χ0v) is 19.6. The molecule has 170 valence electrons. The van der Waals surface area contributed by atoms with Gasteiger partial charge in [0.1, 0.15) is 0 Å². The second-order valence-electron chi connectivity index (χ2n) is 8.65. The molecule has 0 aliphatic carbocycles. The van der Waals surface area contributed by atoms with E-state index in [2.05, 4.69) is 0 Å². The lowest BCUT2D eigenvalue weighted by Gasteiger charge is -2.23. The molecule has 0 saturated carbocycles. The third-order valence-electron chi connectivity index (χ3n) is 6.25. The lowest BCUT2D eigenvalue weighted by Crippen LogP contribution is -2.37. The first kappa shape index (κ1) is 22.5. The summed E-state index contributed by atoms with van der Waals surface area (Å²) >= 11 is 0. The minimum absolute atomic E-state index is 0.0137. The Morgan fingerprint density at radius 2 is 1.78 bits per heavy atom. The van der Waals surface area contributed by atoms with E-state index >= 15 is 0 Å². The molecule has 32 heavy (non-hydrogen) atoms. The molecule has 2 aliphatic heterocycles. The van der Waals surface area contributed by atoms with E-state index in [1.165, 1.54) is 11.2 Å². The first-order chi connectivity index (χ1) is 15.2. The van der Waals surface area contributed by atoms with Crippen LogP contribution in [0.25, 0.3) is 0 Å². The second kappa shape index (κ2) is 8.67. The quantitative estimate of drug-likeness (QED) is 0.713. The fourth-order valence-electron chi connectivity index (χ4n) is 4.69. The maximum atomic E-state index is 13.4. The van der Waals surface area contributed by atoms with Crippen LogP contribution in [0.1, 0.15) is 41.8 Å². The zero-order valence-electron chi connectivity index (χ0n) is 18.7. The molecule has 8 heteroatoms. The van der Waals surface area contributed by atoms with Gasteiger partial charge in [-0.1, -0.05) is 17.7 Å². The molecular formula is C24H29N3O4S. The Morgan fingerprint density at radius 3 is 2.50 bits per heavy atom. The van der Waals surface area contributed by atoms with Gasteiger partial charge >= 0.3 is 0 Å². The Bertz CT molecular complexity index is 1160. The van der Waals surface area contributed by atoms with Crippen LogP contribution < -0.4 is 4.90 Å². The predicted octanol–water partition coefficient (Wildman–Crippen LogP) is 2.83. The molecule has 2 aromatic carbocycles. The van der Waals surface area contributed by atoms with Crippen molar-refractivity contribution in [3.05, 3.63) is 59.2 Å². The molecule has 2 heterocycles. The van der Waals surface area contributed by atoms with Gasteiger partial charge in [0, 0.05) is 50.4 Å². The summed E-state index contributed by atoms with van der Waals surface area (Å²) in [6.45, 7) is 6.93. The van der Waals surface area contributed by atoms with Crippen molar-refractivity contribution in [3.8, 4) is 0 Å². The van der Waals surface area contributed by atoms with E-state index in [-0.39, 0.29) is 29.3 Å². The van der Waals surface area contributed by atoms with Gasteiger partial charge < -0.3 is 9.80 Å². The van der Waals surface area contributed by atoms with Crippen molar-refractivity contribution in [3.63, 3.8) is 0 Å². The normalized spacial score (nSPS) is 19.5. The Hall–Kier alpha value is -2.71. The van der Waals surface area contributed by atoms with Crippen LogP contribution in [-0.4, -0.2) is 61.7 Å². The average molecular weight is 456 g/mol. The molecule has 0 spiro atoms. The van der Waals surface area contributed by atoms with Crippen molar-refractivity contribution in [1.29, 1.82) is 0 Å². The van der Waals surface area contributed by atoms with Crippen molar-refractivity contribution in [2.45, 2.75) is 44.6 Å². The van der Waals surface area contributed by atoms with Gasteiger partial charge in [-0.15, -0.1) is 0 Å². The van der Waals surface area contributed by atoms with E-state index in [0.29, 0.717) is 38.0 Å². The summed E-state index contributed by atoms with van der Waals surface area (Å²) < 4.78 is 28.2. The van der Waals surface area contributed by atoms with Crippen LogP contribution >= 0.6 is 0 Å². The van der Waals surface area contributed by atoms with Gasteiger partial charge in [0.25, 0.3) is 5.91 Å². The first-order valence-electron chi connectivity index (χ1n) is 11.0. The highest BCUT2D eigenvalue weighted by Gasteiger charge is 2.33. The number of hydrogen-bond donors (Lipinski definition) is 0. The molecule has 7 nitrogen and oxygen atoms in total. The number of fused-ring (bicyclic) bond motifs is 1. The zero-order chi connectivity index (χ0) is 23.0. The lowest BCUT2D eigenvalue weighted by atomic mass is 10.1. The number of nitrogens with zero attached hydrogens (tertiary/aromatic N) is 3. The van der Waals surface area contributed by atoms with Gasteiger partial charge in [-0.25, -0.2) is 8.42 Å². The number of sulfonamides is 1. The molecule has 0 aromatic heterocycles. The molecule has 1 fully saturated rings. The van der Waals surface area contributed by atoms with Crippen molar-refractivity contribution in [2.24, 2.45) is 0 Å². The van der Waals surface area contributed by atoms with E-state index < -0.39 is 10.0 Å². The third kappa shape index (κ3) is 4.17. The van der Waals surface area contributed by atoms with Crippen LogP contribution in [0.3, 0.4) is 0 Å². The Labute approximate surface area is 189 Å². The second-order valence-corrected chi connectivity index (χ2v) is 10.6. The van der Waals surface area contributed by atoms with E-state index in [9.17, 15) is 18.0 Å². The number of amides is 2. The van der Waals surface area contributed by atoms with Crippen molar-refractivity contribution < 1.29 is 18.0 Å². The molecule has 0 radical (unpaired) electrons. The monoisotopic (exact) mass is 455 g/mol. The Morgan fingerprint density at radius 1 is 1.00 bits per heavy atom. The van der Waals surface area contributed by atoms with Gasteiger partial charge in [0.2, 0.25) is 15.9 Å². The highest BCUT2D eigenvalue weighted by atomic mass is 32.2. The number of carbonyl (C=O) groups is 2. The smallest absolute Gasteiger partial charge is 0.253 e. The number of anilines is 1. The van der Waals surface area contributed by atoms with Crippen LogP contribution in [0.4, 0.5) is 5.69 Å². The van der Waals surface area contributed by atoms with Crippen molar-refractivity contribution in [1.82, 2.24) is 9.21 Å². The standard InChI is InChI=1S/C24H29N3O4S/c1-17-6-4-7-20(14-17)24(29)25-10-5-11-26(13-12-25)32(30,31)22-8-9-23-21(16-22)15-18(2)27(23)19(3)28/h4,6-9,14,16,18H,5,10-13,15H2,1-3H3. The van der Waals surface area contributed by atoms with Gasteiger partial charge in [0.05, 0.1) is 4.90 Å². The van der Waals surface area contributed by atoms with Crippen molar-refractivity contribution >= 4 is 27.5 Å². The summed E-state index contributed by atoms with van der Waals surface area (Å²) in [5.74, 6) is -0.110. The molecule has 1 atom stereocenters. The van der Waals surface area contributed by atoms with Gasteiger partial charge in [-0.05, 0) is 62.6 Å². The van der Waals surface area contributed by atoms with Gasteiger partial charge in [-0.2, -0.15) is 4.31 Å². The molecule has 1 saturated heterocycles. The molecule has 2 aromatic rings. The topological polar surface area (TPSA) is 78.0 Å². The summed E-state index contributed by atoms with van der Waals surface area (Å²) in [7, 11) is -3.69. The fourth-order valence-corrected chi connectivity index (χ4v) is 6.22. The largest absolute Gasteiger partial charge is 0.337 e. The summed E-state index contributed by atoms with van der Waals surface area (Å²) in [5, 5.41) is 0. The summed E-state index contributed by atoms with van der Waals surface area (Å²) in [6, 6.07) is 12.5. The first-order valence-corrected chi connectivity index (χ1v) is 12.4. The number of carbonyl (C=O) groups excluding carboxylic acids is 2. The maximum absolute atomic E-state index is 13.4. The Balaban J connectivity index is 1.51. The molecule has 1 unspecified atom stereocenters. The van der Waals surface area contributed by atoms with E-state index in [4.69, 9.17) is 0 Å². The van der Waals surface area contributed by atoms with Crippen molar-refractivity contribution in [2.75, 3.05) is 31.1 Å². The lowest BCUT2D eigenvalue weighted by molar-refractivity contribution is -0.116. The van der Waals surface area contributed by atoms with Crippen LogP contribution in [0, 0.1) is 6.92 Å². The fraction of sp³-hybridized carbons (Fsp3) is 0.417. The minimum Gasteiger partial charge on any atom is -0.337 e. The van der Waals surface area contributed by atoms with Crippen LogP contribution in [0.5, 0.6) is 0 Å². The van der Waals surface area contributed by atoms with Gasteiger partial charge in [0.15, 0.2) is 0 Å². The average Bonchev–Trinajstić information content (AvgIpc) is 2.91.